The Hall–Kier alpha value is -1.09. The Morgan fingerprint density at radius 3 is 2.30 bits per heavy atom. The van der Waals surface area contributed by atoms with Crippen molar-refractivity contribution in [3.63, 3.8) is 0 Å². The Labute approximate surface area is 126 Å². The van der Waals surface area contributed by atoms with Crippen LogP contribution in [0.15, 0.2) is 12.1 Å². The molecule has 0 atom stereocenters. The predicted molar refractivity (Wildman–Crippen MR) is 84.2 cm³/mol. The Bertz CT molecular complexity index is 442. The van der Waals surface area contributed by atoms with Crippen LogP contribution in [0.3, 0.4) is 0 Å². The number of halogens is 1. The quantitative estimate of drug-likeness (QED) is 0.862. The molecule has 0 spiro atoms. The maximum atomic E-state index is 6.28. The highest BCUT2D eigenvalue weighted by Crippen LogP contribution is 2.36. The summed E-state index contributed by atoms with van der Waals surface area (Å²) in [7, 11) is 3.25. The summed E-state index contributed by atoms with van der Waals surface area (Å²) in [4.78, 5) is 0. The first kappa shape index (κ1) is 15.3. The first-order valence-electron chi connectivity index (χ1n) is 7.29. The standard InChI is InChI=1S/C16H24ClNO2/c1-11-4-6-12(7-5-11)10-18-14-9-16(20-3)15(19-2)8-13(14)17/h8-9,11-12,18H,4-7,10H2,1-3H3. The van der Waals surface area contributed by atoms with Crippen LogP contribution in [0.2, 0.25) is 5.02 Å². The van der Waals surface area contributed by atoms with Gasteiger partial charge in [0.2, 0.25) is 0 Å². The number of ether oxygens (including phenoxy) is 2. The summed E-state index contributed by atoms with van der Waals surface area (Å²) in [6, 6.07) is 3.71. The molecular formula is C16H24ClNO2. The van der Waals surface area contributed by atoms with Gasteiger partial charge in [-0.25, -0.2) is 0 Å². The van der Waals surface area contributed by atoms with Crippen LogP contribution in [0.1, 0.15) is 32.6 Å². The number of hydrogen-bond acceptors (Lipinski definition) is 3. The average Bonchev–Trinajstić information content (AvgIpc) is 2.47. The minimum absolute atomic E-state index is 0.662. The van der Waals surface area contributed by atoms with Gasteiger partial charge in [0.25, 0.3) is 0 Å². The van der Waals surface area contributed by atoms with Crippen LogP contribution in [-0.2, 0) is 0 Å². The molecule has 0 heterocycles. The summed E-state index contributed by atoms with van der Waals surface area (Å²) in [6.45, 7) is 3.32. The Morgan fingerprint density at radius 1 is 1.10 bits per heavy atom. The maximum Gasteiger partial charge on any atom is 0.162 e. The average molecular weight is 298 g/mol. The van der Waals surface area contributed by atoms with E-state index in [4.69, 9.17) is 21.1 Å². The number of hydrogen-bond donors (Lipinski definition) is 1. The number of methoxy groups -OCH3 is 2. The molecule has 4 heteroatoms. The highest BCUT2D eigenvalue weighted by atomic mass is 35.5. The summed E-state index contributed by atoms with van der Waals surface area (Å²) in [5.74, 6) is 3.00. The van der Waals surface area contributed by atoms with Crippen LogP contribution in [-0.4, -0.2) is 20.8 Å². The molecule has 20 heavy (non-hydrogen) atoms. The fourth-order valence-corrected chi connectivity index (χ4v) is 3.00. The van der Waals surface area contributed by atoms with E-state index in [9.17, 15) is 0 Å². The van der Waals surface area contributed by atoms with Crippen molar-refractivity contribution in [3.05, 3.63) is 17.2 Å². The van der Waals surface area contributed by atoms with E-state index < -0.39 is 0 Å². The molecule has 0 radical (unpaired) electrons. The van der Waals surface area contributed by atoms with Crippen molar-refractivity contribution in [2.75, 3.05) is 26.1 Å². The van der Waals surface area contributed by atoms with Crippen LogP contribution in [0.25, 0.3) is 0 Å². The zero-order valence-corrected chi connectivity index (χ0v) is 13.3. The summed E-state index contributed by atoms with van der Waals surface area (Å²) >= 11 is 6.28. The van der Waals surface area contributed by atoms with E-state index in [2.05, 4.69) is 12.2 Å². The number of rotatable bonds is 5. The van der Waals surface area contributed by atoms with Gasteiger partial charge in [-0.2, -0.15) is 0 Å². The fraction of sp³-hybridized carbons (Fsp3) is 0.625. The van der Waals surface area contributed by atoms with Gasteiger partial charge in [0, 0.05) is 18.7 Å². The first-order chi connectivity index (χ1) is 9.63. The normalized spacial score (nSPS) is 22.4. The van der Waals surface area contributed by atoms with Gasteiger partial charge in [-0.3, -0.25) is 0 Å². The molecule has 1 aromatic carbocycles. The number of nitrogens with one attached hydrogen (secondary N) is 1. The van der Waals surface area contributed by atoms with Crippen LogP contribution >= 0.6 is 11.6 Å². The highest BCUT2D eigenvalue weighted by molar-refractivity contribution is 6.33. The van der Waals surface area contributed by atoms with E-state index >= 15 is 0 Å². The van der Waals surface area contributed by atoms with Gasteiger partial charge in [0.1, 0.15) is 0 Å². The van der Waals surface area contributed by atoms with Crippen molar-refractivity contribution in [3.8, 4) is 11.5 Å². The molecule has 1 saturated carbocycles. The third kappa shape index (κ3) is 3.72. The topological polar surface area (TPSA) is 30.5 Å². The predicted octanol–water partition coefficient (Wildman–Crippen LogP) is 4.60. The molecule has 112 valence electrons. The molecule has 0 saturated heterocycles. The molecule has 0 bridgehead atoms. The molecule has 0 amide bonds. The fourth-order valence-electron chi connectivity index (χ4n) is 2.78. The van der Waals surface area contributed by atoms with E-state index in [0.29, 0.717) is 16.5 Å². The van der Waals surface area contributed by atoms with E-state index in [-0.39, 0.29) is 0 Å². The van der Waals surface area contributed by atoms with Crippen molar-refractivity contribution in [1.82, 2.24) is 0 Å². The molecular weight excluding hydrogens is 274 g/mol. The zero-order valence-electron chi connectivity index (χ0n) is 12.5. The maximum absolute atomic E-state index is 6.28. The number of benzene rings is 1. The van der Waals surface area contributed by atoms with Gasteiger partial charge in [0.15, 0.2) is 11.5 Å². The third-order valence-corrected chi connectivity index (χ3v) is 4.50. The number of anilines is 1. The SMILES string of the molecule is COc1cc(Cl)c(NCC2CCC(C)CC2)cc1OC. The molecule has 0 aromatic heterocycles. The molecule has 1 N–H and O–H groups in total. The molecule has 0 unspecified atom stereocenters. The van der Waals surface area contributed by atoms with Crippen LogP contribution in [0, 0.1) is 11.8 Å². The van der Waals surface area contributed by atoms with Crippen LogP contribution in [0.4, 0.5) is 5.69 Å². The molecule has 1 aliphatic carbocycles. The minimum Gasteiger partial charge on any atom is -0.493 e. The lowest BCUT2D eigenvalue weighted by Crippen LogP contribution is -2.20. The lowest BCUT2D eigenvalue weighted by Gasteiger charge is -2.26. The van der Waals surface area contributed by atoms with E-state index in [0.717, 1.165) is 24.1 Å². The molecule has 1 aromatic rings. The molecule has 1 aliphatic rings. The Morgan fingerprint density at radius 2 is 1.70 bits per heavy atom. The van der Waals surface area contributed by atoms with Crippen molar-refractivity contribution < 1.29 is 9.47 Å². The Balaban J connectivity index is 1.98. The van der Waals surface area contributed by atoms with E-state index in [1.807, 2.05) is 6.07 Å². The van der Waals surface area contributed by atoms with Crippen molar-refractivity contribution in [2.24, 2.45) is 11.8 Å². The smallest absolute Gasteiger partial charge is 0.162 e. The van der Waals surface area contributed by atoms with Crippen LogP contribution < -0.4 is 14.8 Å². The second kappa shape index (κ2) is 7.07. The van der Waals surface area contributed by atoms with Gasteiger partial charge >= 0.3 is 0 Å². The van der Waals surface area contributed by atoms with Crippen molar-refractivity contribution in [1.29, 1.82) is 0 Å². The van der Waals surface area contributed by atoms with Crippen LogP contribution in [0.5, 0.6) is 11.5 Å². The third-order valence-electron chi connectivity index (χ3n) is 4.19. The van der Waals surface area contributed by atoms with Gasteiger partial charge in [-0.05, 0) is 24.7 Å². The molecule has 2 rings (SSSR count). The summed E-state index contributed by atoms with van der Waals surface area (Å²) < 4.78 is 10.6. The van der Waals surface area contributed by atoms with E-state index in [1.54, 1.807) is 20.3 Å². The second-order valence-corrected chi connectivity index (χ2v) is 6.10. The molecule has 3 nitrogen and oxygen atoms in total. The zero-order chi connectivity index (χ0) is 14.5. The van der Waals surface area contributed by atoms with Gasteiger partial charge < -0.3 is 14.8 Å². The van der Waals surface area contributed by atoms with E-state index in [1.165, 1.54) is 25.7 Å². The summed E-state index contributed by atoms with van der Waals surface area (Å²) in [5, 5.41) is 4.13. The molecule has 1 fully saturated rings. The summed E-state index contributed by atoms with van der Waals surface area (Å²) in [6.07, 6.45) is 5.29. The monoisotopic (exact) mass is 297 g/mol. The van der Waals surface area contributed by atoms with Gasteiger partial charge in [-0.15, -0.1) is 0 Å². The lowest BCUT2D eigenvalue weighted by atomic mass is 9.83. The molecule has 0 aliphatic heterocycles. The minimum atomic E-state index is 0.662. The summed E-state index contributed by atoms with van der Waals surface area (Å²) in [5.41, 5.74) is 0.919. The largest absolute Gasteiger partial charge is 0.493 e. The van der Waals surface area contributed by atoms with Gasteiger partial charge in [-0.1, -0.05) is 31.4 Å². The van der Waals surface area contributed by atoms with Gasteiger partial charge in [0.05, 0.1) is 24.9 Å². The Kier molecular flexibility index (Phi) is 5.41. The lowest BCUT2D eigenvalue weighted by molar-refractivity contribution is 0.300. The first-order valence-corrected chi connectivity index (χ1v) is 7.67. The second-order valence-electron chi connectivity index (χ2n) is 5.69. The highest BCUT2D eigenvalue weighted by Gasteiger charge is 2.18. The van der Waals surface area contributed by atoms with Crippen molar-refractivity contribution >= 4 is 17.3 Å². The van der Waals surface area contributed by atoms with Crippen molar-refractivity contribution in [2.45, 2.75) is 32.6 Å².